The van der Waals surface area contributed by atoms with Crippen molar-refractivity contribution in [3.05, 3.63) is 34.9 Å². The molecule has 1 saturated heterocycles. The smallest absolute Gasteiger partial charge is 0.230 e. The second-order valence-corrected chi connectivity index (χ2v) is 6.61. The van der Waals surface area contributed by atoms with Crippen molar-refractivity contribution in [1.29, 1.82) is 0 Å². The summed E-state index contributed by atoms with van der Waals surface area (Å²) in [6, 6.07) is 5.43. The first-order chi connectivity index (χ1) is 9.69. The lowest BCUT2D eigenvalue weighted by atomic mass is 9.81. The van der Waals surface area contributed by atoms with Crippen LogP contribution in [0.1, 0.15) is 48.2 Å². The molecule has 112 valence electrons. The number of amides is 2. The maximum atomic E-state index is 12.3. The number of imide groups is 1. The number of carbonyl (C=O) groups excluding carboxylic acids is 3. The third-order valence-electron chi connectivity index (χ3n) is 3.99. The number of piperidine rings is 1. The molecule has 0 radical (unpaired) electrons. The van der Waals surface area contributed by atoms with Gasteiger partial charge in [-0.3, -0.25) is 19.3 Å². The molecule has 4 nitrogen and oxygen atoms in total. The van der Waals surface area contributed by atoms with Crippen LogP contribution in [-0.4, -0.2) is 29.0 Å². The molecule has 21 heavy (non-hydrogen) atoms. The Bertz CT molecular complexity index is 596. The molecule has 2 rings (SSSR count). The molecule has 0 aromatic heterocycles. The molecule has 1 heterocycles. The molecule has 0 saturated carbocycles. The van der Waals surface area contributed by atoms with Crippen molar-refractivity contribution >= 4 is 17.6 Å². The topological polar surface area (TPSA) is 54.5 Å². The minimum atomic E-state index is -0.311. The van der Waals surface area contributed by atoms with Crippen molar-refractivity contribution in [3.8, 4) is 0 Å². The molecular formula is C17H21NO3. The molecule has 0 aliphatic carbocycles. The van der Waals surface area contributed by atoms with Gasteiger partial charge in [0.15, 0.2) is 5.78 Å². The maximum absolute atomic E-state index is 12.3. The van der Waals surface area contributed by atoms with Crippen LogP contribution in [0.25, 0.3) is 0 Å². The van der Waals surface area contributed by atoms with Crippen LogP contribution in [-0.2, 0) is 9.59 Å². The lowest BCUT2D eigenvalue weighted by molar-refractivity contribution is -0.151. The highest BCUT2D eigenvalue weighted by molar-refractivity contribution is 6.06. The van der Waals surface area contributed by atoms with E-state index in [1.54, 1.807) is 12.1 Å². The summed E-state index contributed by atoms with van der Waals surface area (Å²) in [5, 5.41) is 0. The first-order valence-electron chi connectivity index (χ1n) is 7.13. The number of aryl methyl sites for hydroxylation is 2. The Balaban J connectivity index is 2.14. The third kappa shape index (κ3) is 3.38. The number of hydrogen-bond donors (Lipinski definition) is 0. The zero-order valence-corrected chi connectivity index (χ0v) is 13.0. The summed E-state index contributed by atoms with van der Waals surface area (Å²) in [4.78, 5) is 37.5. The Kier molecular flexibility index (Phi) is 3.99. The Labute approximate surface area is 125 Å². The molecule has 1 fully saturated rings. The fraction of sp³-hybridized carbons (Fsp3) is 0.471. The number of nitrogens with zero attached hydrogens (tertiary/aromatic N) is 1. The molecule has 0 spiro atoms. The van der Waals surface area contributed by atoms with Gasteiger partial charge in [0, 0.05) is 18.4 Å². The quantitative estimate of drug-likeness (QED) is 0.634. The number of ketones is 1. The van der Waals surface area contributed by atoms with Crippen molar-refractivity contribution in [2.24, 2.45) is 5.41 Å². The van der Waals surface area contributed by atoms with Gasteiger partial charge in [-0.25, -0.2) is 0 Å². The Morgan fingerprint density at radius 3 is 2.19 bits per heavy atom. The molecule has 1 aromatic carbocycles. The molecule has 1 aliphatic rings. The minimum absolute atomic E-state index is 0.157. The van der Waals surface area contributed by atoms with Crippen LogP contribution in [0.3, 0.4) is 0 Å². The number of carbonyl (C=O) groups is 3. The van der Waals surface area contributed by atoms with Crippen LogP contribution in [0.15, 0.2) is 18.2 Å². The van der Waals surface area contributed by atoms with Crippen molar-refractivity contribution in [3.63, 3.8) is 0 Å². The minimum Gasteiger partial charge on any atom is -0.292 e. The second-order valence-electron chi connectivity index (χ2n) is 6.61. The van der Waals surface area contributed by atoms with Gasteiger partial charge in [0.1, 0.15) is 0 Å². The number of likely N-dealkylation sites (tertiary alicyclic amines) is 1. The van der Waals surface area contributed by atoms with E-state index in [2.05, 4.69) is 0 Å². The van der Waals surface area contributed by atoms with E-state index >= 15 is 0 Å². The van der Waals surface area contributed by atoms with Crippen molar-refractivity contribution in [1.82, 2.24) is 4.90 Å². The summed E-state index contributed by atoms with van der Waals surface area (Å²) >= 11 is 0. The summed E-state index contributed by atoms with van der Waals surface area (Å²) in [6.07, 6.45) is 0.609. The first kappa shape index (κ1) is 15.4. The standard InChI is InChI=1S/C17H21NO3/c1-11-5-6-13(7-12(11)2)14(19)10-18-15(20)8-17(3,4)9-16(18)21/h5-7H,8-10H2,1-4H3. The van der Waals surface area contributed by atoms with Gasteiger partial charge in [-0.15, -0.1) is 0 Å². The Morgan fingerprint density at radius 2 is 1.67 bits per heavy atom. The predicted molar refractivity (Wildman–Crippen MR) is 80.0 cm³/mol. The van der Waals surface area contributed by atoms with E-state index < -0.39 is 0 Å². The van der Waals surface area contributed by atoms with E-state index in [9.17, 15) is 14.4 Å². The van der Waals surface area contributed by atoms with E-state index in [1.165, 1.54) is 0 Å². The van der Waals surface area contributed by atoms with E-state index in [1.807, 2.05) is 33.8 Å². The van der Waals surface area contributed by atoms with Gasteiger partial charge in [0.2, 0.25) is 11.8 Å². The second kappa shape index (κ2) is 5.43. The molecule has 1 aromatic rings. The number of Topliss-reactive ketones (excluding diaryl/α,β-unsaturated/α-hetero) is 1. The van der Waals surface area contributed by atoms with Crippen LogP contribution < -0.4 is 0 Å². The van der Waals surface area contributed by atoms with E-state index in [0.29, 0.717) is 18.4 Å². The molecule has 0 bridgehead atoms. The number of hydrogen-bond acceptors (Lipinski definition) is 3. The van der Waals surface area contributed by atoms with Crippen molar-refractivity contribution < 1.29 is 14.4 Å². The SMILES string of the molecule is Cc1ccc(C(=O)CN2C(=O)CC(C)(C)CC2=O)cc1C. The van der Waals surface area contributed by atoms with Crippen LogP contribution in [0.5, 0.6) is 0 Å². The lowest BCUT2D eigenvalue weighted by Crippen LogP contribution is -2.48. The van der Waals surface area contributed by atoms with Crippen LogP contribution in [0.4, 0.5) is 0 Å². The van der Waals surface area contributed by atoms with Crippen LogP contribution >= 0.6 is 0 Å². The monoisotopic (exact) mass is 287 g/mol. The van der Waals surface area contributed by atoms with E-state index in [-0.39, 0.29) is 29.6 Å². The average Bonchev–Trinajstić information content (AvgIpc) is 2.35. The largest absolute Gasteiger partial charge is 0.292 e. The van der Waals surface area contributed by atoms with Gasteiger partial charge >= 0.3 is 0 Å². The molecule has 0 atom stereocenters. The summed E-state index contributed by atoms with van der Waals surface area (Å²) < 4.78 is 0. The molecule has 0 unspecified atom stereocenters. The summed E-state index contributed by atoms with van der Waals surface area (Å²) in [5.74, 6) is -0.707. The predicted octanol–water partition coefficient (Wildman–Crippen LogP) is 2.66. The van der Waals surface area contributed by atoms with Gasteiger partial charge in [-0.2, -0.15) is 0 Å². The summed E-state index contributed by atoms with van der Waals surface area (Å²) in [6.45, 7) is 7.54. The number of benzene rings is 1. The number of rotatable bonds is 3. The van der Waals surface area contributed by atoms with Crippen LogP contribution in [0, 0.1) is 19.3 Å². The first-order valence-corrected chi connectivity index (χ1v) is 7.13. The highest BCUT2D eigenvalue weighted by Gasteiger charge is 2.38. The average molecular weight is 287 g/mol. The fourth-order valence-corrected chi connectivity index (χ4v) is 2.54. The third-order valence-corrected chi connectivity index (χ3v) is 3.99. The van der Waals surface area contributed by atoms with Crippen molar-refractivity contribution in [2.45, 2.75) is 40.5 Å². The zero-order valence-electron chi connectivity index (χ0n) is 13.0. The molecule has 1 aliphatic heterocycles. The van der Waals surface area contributed by atoms with Gasteiger partial charge < -0.3 is 0 Å². The highest BCUT2D eigenvalue weighted by Crippen LogP contribution is 2.31. The normalized spacial score (nSPS) is 18.0. The van der Waals surface area contributed by atoms with E-state index in [0.717, 1.165) is 16.0 Å². The van der Waals surface area contributed by atoms with Gasteiger partial charge in [-0.1, -0.05) is 26.0 Å². The Hall–Kier alpha value is -1.97. The maximum Gasteiger partial charge on any atom is 0.230 e. The molecular weight excluding hydrogens is 266 g/mol. The molecule has 0 N–H and O–H groups in total. The molecule has 4 heteroatoms. The summed E-state index contributed by atoms with van der Waals surface area (Å²) in [5.41, 5.74) is 2.37. The van der Waals surface area contributed by atoms with Crippen LogP contribution in [0.2, 0.25) is 0 Å². The summed E-state index contributed by atoms with van der Waals surface area (Å²) in [7, 11) is 0. The Morgan fingerprint density at radius 1 is 1.10 bits per heavy atom. The fourth-order valence-electron chi connectivity index (χ4n) is 2.54. The van der Waals surface area contributed by atoms with E-state index in [4.69, 9.17) is 0 Å². The zero-order chi connectivity index (χ0) is 15.8. The highest BCUT2D eigenvalue weighted by atomic mass is 16.2. The van der Waals surface area contributed by atoms with Gasteiger partial charge in [0.05, 0.1) is 6.54 Å². The van der Waals surface area contributed by atoms with Gasteiger partial charge in [0.25, 0.3) is 0 Å². The van der Waals surface area contributed by atoms with Gasteiger partial charge in [-0.05, 0) is 36.5 Å². The van der Waals surface area contributed by atoms with Crippen molar-refractivity contribution in [2.75, 3.05) is 6.54 Å². The lowest BCUT2D eigenvalue weighted by Gasteiger charge is -2.34. The molecule has 2 amide bonds.